The molecule has 0 spiro atoms. The van der Waals surface area contributed by atoms with Crippen LogP contribution >= 0.6 is 11.6 Å². The minimum Gasteiger partial charge on any atom is -0.481 e. The summed E-state index contributed by atoms with van der Waals surface area (Å²) in [7, 11) is 0. The molecular formula is C19H19ClF3NO2. The van der Waals surface area contributed by atoms with Crippen molar-refractivity contribution in [1.82, 2.24) is 0 Å². The van der Waals surface area contributed by atoms with Crippen LogP contribution in [0.1, 0.15) is 29.2 Å². The monoisotopic (exact) mass is 385 g/mol. The van der Waals surface area contributed by atoms with E-state index in [2.05, 4.69) is 5.32 Å². The quantitative estimate of drug-likeness (QED) is 0.734. The van der Waals surface area contributed by atoms with Crippen molar-refractivity contribution >= 4 is 23.2 Å². The third kappa shape index (κ3) is 4.69. The van der Waals surface area contributed by atoms with E-state index in [1.165, 1.54) is 6.92 Å². The van der Waals surface area contributed by atoms with Gasteiger partial charge in [0.25, 0.3) is 5.91 Å². The maximum Gasteiger partial charge on any atom is 0.416 e. The molecule has 0 aromatic heterocycles. The molecule has 0 heterocycles. The number of hydrogen-bond donors (Lipinski definition) is 1. The summed E-state index contributed by atoms with van der Waals surface area (Å²) in [4.78, 5) is 12.3. The van der Waals surface area contributed by atoms with Crippen molar-refractivity contribution in [1.29, 1.82) is 0 Å². The lowest BCUT2D eigenvalue weighted by Gasteiger charge is -2.18. The highest BCUT2D eigenvalue weighted by Crippen LogP contribution is 2.34. The zero-order chi connectivity index (χ0) is 19.6. The summed E-state index contributed by atoms with van der Waals surface area (Å²) in [5.41, 5.74) is 1.90. The van der Waals surface area contributed by atoms with Crippen LogP contribution in [0.5, 0.6) is 5.75 Å². The van der Waals surface area contributed by atoms with Crippen LogP contribution in [0.15, 0.2) is 30.3 Å². The molecule has 0 radical (unpaired) electrons. The smallest absolute Gasteiger partial charge is 0.416 e. The molecule has 0 aliphatic carbocycles. The largest absolute Gasteiger partial charge is 0.481 e. The molecule has 2 rings (SSSR count). The number of rotatable bonds is 4. The molecule has 0 aliphatic rings. The SMILES string of the molecule is Cc1cc(C)c(C)c(O[C@H](C)C(=O)Nc2cc(C(F)(F)F)ccc2Cl)c1. The Morgan fingerprint density at radius 1 is 1.15 bits per heavy atom. The van der Waals surface area contributed by atoms with Crippen molar-refractivity contribution in [2.24, 2.45) is 0 Å². The highest BCUT2D eigenvalue weighted by atomic mass is 35.5. The number of carbonyl (C=O) groups excluding carboxylic acids is 1. The van der Waals surface area contributed by atoms with Crippen molar-refractivity contribution in [3.05, 3.63) is 57.6 Å². The number of anilines is 1. The second-order valence-electron chi connectivity index (χ2n) is 6.15. The van der Waals surface area contributed by atoms with Gasteiger partial charge in [0.2, 0.25) is 0 Å². The van der Waals surface area contributed by atoms with Gasteiger partial charge in [-0.15, -0.1) is 0 Å². The first-order valence-corrected chi connectivity index (χ1v) is 8.29. The molecule has 140 valence electrons. The van der Waals surface area contributed by atoms with Gasteiger partial charge < -0.3 is 10.1 Å². The molecule has 1 amide bonds. The van der Waals surface area contributed by atoms with Crippen LogP contribution < -0.4 is 10.1 Å². The lowest BCUT2D eigenvalue weighted by molar-refractivity contribution is -0.137. The summed E-state index contributed by atoms with van der Waals surface area (Å²) in [6, 6.07) is 6.56. The number of hydrogen-bond acceptors (Lipinski definition) is 2. The lowest BCUT2D eigenvalue weighted by atomic mass is 10.1. The van der Waals surface area contributed by atoms with E-state index in [0.29, 0.717) is 5.75 Å². The van der Waals surface area contributed by atoms with Crippen molar-refractivity contribution in [2.45, 2.75) is 40.0 Å². The predicted octanol–water partition coefficient (Wildman–Crippen LogP) is 5.69. The number of nitrogens with one attached hydrogen (secondary N) is 1. The Morgan fingerprint density at radius 3 is 2.42 bits per heavy atom. The fourth-order valence-corrected chi connectivity index (χ4v) is 2.56. The summed E-state index contributed by atoms with van der Waals surface area (Å²) in [5, 5.41) is 2.41. The fourth-order valence-electron chi connectivity index (χ4n) is 2.40. The van der Waals surface area contributed by atoms with E-state index in [1.807, 2.05) is 32.9 Å². The average Bonchev–Trinajstić information content (AvgIpc) is 2.52. The topological polar surface area (TPSA) is 38.3 Å². The van der Waals surface area contributed by atoms with Crippen LogP contribution in [-0.4, -0.2) is 12.0 Å². The number of benzene rings is 2. The number of carbonyl (C=O) groups is 1. The van der Waals surface area contributed by atoms with Gasteiger partial charge in [-0.05, 0) is 68.7 Å². The summed E-state index contributed by atoms with van der Waals surface area (Å²) in [6.45, 7) is 7.24. The summed E-state index contributed by atoms with van der Waals surface area (Å²) < 4.78 is 44.2. The number of amides is 1. The van der Waals surface area contributed by atoms with E-state index in [4.69, 9.17) is 16.3 Å². The van der Waals surface area contributed by atoms with E-state index in [0.717, 1.165) is 34.9 Å². The Morgan fingerprint density at radius 2 is 1.81 bits per heavy atom. The Hall–Kier alpha value is -2.21. The van der Waals surface area contributed by atoms with Gasteiger partial charge in [0.15, 0.2) is 6.10 Å². The minimum atomic E-state index is -4.53. The second kappa shape index (κ2) is 7.58. The highest BCUT2D eigenvalue weighted by molar-refractivity contribution is 6.33. The van der Waals surface area contributed by atoms with Gasteiger partial charge >= 0.3 is 6.18 Å². The van der Waals surface area contributed by atoms with Crippen molar-refractivity contribution < 1.29 is 22.7 Å². The molecule has 1 atom stereocenters. The van der Waals surface area contributed by atoms with E-state index in [9.17, 15) is 18.0 Å². The lowest BCUT2D eigenvalue weighted by Crippen LogP contribution is -2.30. The van der Waals surface area contributed by atoms with Gasteiger partial charge in [-0.3, -0.25) is 4.79 Å². The third-order valence-corrected chi connectivity index (χ3v) is 4.32. The van der Waals surface area contributed by atoms with E-state index in [1.54, 1.807) is 0 Å². The van der Waals surface area contributed by atoms with Crippen molar-refractivity contribution in [3.63, 3.8) is 0 Å². The number of alkyl halides is 3. The fraction of sp³-hybridized carbons (Fsp3) is 0.316. The van der Waals surface area contributed by atoms with Gasteiger partial charge in [0, 0.05) is 0 Å². The molecule has 7 heteroatoms. The van der Waals surface area contributed by atoms with Gasteiger partial charge in [0.05, 0.1) is 16.3 Å². The number of aryl methyl sites for hydroxylation is 2. The third-order valence-electron chi connectivity index (χ3n) is 3.99. The summed E-state index contributed by atoms with van der Waals surface area (Å²) in [5.74, 6) is -0.0370. The Bertz CT molecular complexity index is 834. The second-order valence-corrected chi connectivity index (χ2v) is 6.55. The highest BCUT2D eigenvalue weighted by Gasteiger charge is 2.31. The zero-order valence-electron chi connectivity index (χ0n) is 14.8. The van der Waals surface area contributed by atoms with Crippen LogP contribution in [0.4, 0.5) is 18.9 Å². The van der Waals surface area contributed by atoms with Crippen LogP contribution in [-0.2, 0) is 11.0 Å². The number of halogens is 4. The molecule has 2 aromatic rings. The Kier molecular flexibility index (Phi) is 5.86. The Labute approximate surface area is 155 Å². The Balaban J connectivity index is 2.18. The van der Waals surface area contributed by atoms with Gasteiger partial charge in [-0.1, -0.05) is 17.7 Å². The molecule has 0 unspecified atom stereocenters. The minimum absolute atomic E-state index is 0.0149. The maximum absolute atomic E-state index is 12.8. The molecule has 0 fully saturated rings. The molecule has 2 aromatic carbocycles. The van der Waals surface area contributed by atoms with Crippen LogP contribution in [0.3, 0.4) is 0 Å². The van der Waals surface area contributed by atoms with E-state index < -0.39 is 23.8 Å². The van der Waals surface area contributed by atoms with Gasteiger partial charge in [0.1, 0.15) is 5.75 Å². The molecule has 1 N–H and O–H groups in total. The first kappa shape index (κ1) is 20.1. The zero-order valence-corrected chi connectivity index (χ0v) is 15.5. The van der Waals surface area contributed by atoms with Crippen LogP contribution in [0.25, 0.3) is 0 Å². The normalized spacial score (nSPS) is 12.6. The molecule has 26 heavy (non-hydrogen) atoms. The molecule has 0 saturated heterocycles. The van der Waals surface area contributed by atoms with Crippen LogP contribution in [0.2, 0.25) is 5.02 Å². The standard InChI is InChI=1S/C19H19ClF3NO2/c1-10-7-11(2)12(3)17(8-10)26-13(4)18(25)24-16-9-14(19(21,22)23)5-6-15(16)20/h5-9,13H,1-4H3,(H,24,25)/t13-/m1/s1. The van der Waals surface area contributed by atoms with Crippen molar-refractivity contribution in [3.8, 4) is 5.75 Å². The van der Waals surface area contributed by atoms with Crippen LogP contribution in [0, 0.1) is 20.8 Å². The molecule has 0 bridgehead atoms. The first-order valence-electron chi connectivity index (χ1n) is 7.91. The molecule has 0 saturated carbocycles. The van der Waals surface area contributed by atoms with Gasteiger partial charge in [-0.2, -0.15) is 13.2 Å². The average molecular weight is 386 g/mol. The van der Waals surface area contributed by atoms with Gasteiger partial charge in [-0.25, -0.2) is 0 Å². The maximum atomic E-state index is 12.8. The van der Waals surface area contributed by atoms with E-state index in [-0.39, 0.29) is 10.7 Å². The van der Waals surface area contributed by atoms with Crippen molar-refractivity contribution in [2.75, 3.05) is 5.32 Å². The summed E-state index contributed by atoms with van der Waals surface area (Å²) in [6.07, 6.45) is -5.44. The summed E-state index contributed by atoms with van der Waals surface area (Å²) >= 11 is 5.90. The molecule has 3 nitrogen and oxygen atoms in total. The number of ether oxygens (including phenoxy) is 1. The molecule has 0 aliphatic heterocycles. The van der Waals surface area contributed by atoms with E-state index >= 15 is 0 Å². The molecular weight excluding hydrogens is 367 g/mol. The predicted molar refractivity (Wildman–Crippen MR) is 95.8 cm³/mol. The first-order chi connectivity index (χ1) is 12.0.